The maximum atomic E-state index is 12.2. The molecule has 17 heavy (non-hydrogen) atoms. The van der Waals surface area contributed by atoms with Gasteiger partial charge in [-0.25, -0.2) is 8.78 Å². The van der Waals surface area contributed by atoms with Crippen molar-refractivity contribution < 1.29 is 23.4 Å². The van der Waals surface area contributed by atoms with Crippen LogP contribution >= 0.6 is 0 Å². The molecule has 1 aliphatic heterocycles. The van der Waals surface area contributed by atoms with Crippen LogP contribution < -0.4 is 0 Å². The molecular formula is C11H19F2NO3. The number of ether oxygens (including phenoxy) is 1. The Bertz CT molecular complexity index is 233. The number of amides is 1. The van der Waals surface area contributed by atoms with Crippen LogP contribution in [0.1, 0.15) is 25.7 Å². The molecule has 6 heteroatoms. The minimum Gasteiger partial charge on any atom is -0.395 e. The van der Waals surface area contributed by atoms with Crippen LogP contribution in [0.15, 0.2) is 0 Å². The fraction of sp³-hybridized carbons (Fsp3) is 0.909. The third-order valence-electron chi connectivity index (χ3n) is 2.79. The van der Waals surface area contributed by atoms with Crippen molar-refractivity contribution in [2.24, 2.45) is 0 Å². The Labute approximate surface area is 99.5 Å². The van der Waals surface area contributed by atoms with Gasteiger partial charge in [-0.1, -0.05) is 0 Å². The normalized spacial score (nSPS) is 19.9. The van der Waals surface area contributed by atoms with E-state index in [0.717, 1.165) is 24.3 Å². The van der Waals surface area contributed by atoms with Crippen molar-refractivity contribution in [2.45, 2.75) is 38.2 Å². The van der Waals surface area contributed by atoms with Gasteiger partial charge in [0.05, 0.1) is 19.3 Å². The average molecular weight is 251 g/mol. The monoisotopic (exact) mass is 251 g/mol. The summed E-state index contributed by atoms with van der Waals surface area (Å²) in [5.41, 5.74) is 0. The first-order chi connectivity index (χ1) is 8.13. The minimum absolute atomic E-state index is 0.0330. The molecule has 0 aromatic carbocycles. The molecule has 4 nitrogen and oxygen atoms in total. The molecule has 100 valence electrons. The molecule has 1 fully saturated rings. The van der Waals surface area contributed by atoms with E-state index >= 15 is 0 Å². The first-order valence-corrected chi connectivity index (χ1v) is 5.92. The van der Waals surface area contributed by atoms with E-state index < -0.39 is 13.0 Å². The van der Waals surface area contributed by atoms with E-state index in [1.165, 1.54) is 0 Å². The number of carbonyl (C=O) groups excluding carboxylic acids is 1. The highest BCUT2D eigenvalue weighted by Gasteiger charge is 2.21. The quantitative estimate of drug-likeness (QED) is 0.735. The Balaban J connectivity index is 2.30. The standard InChI is InChI=1S/C11H19F2NO3/c12-10(13)8-14(5-6-15)11(16)4-3-9-2-1-7-17-9/h9-10,15H,1-8H2. The molecule has 1 N–H and O–H groups in total. The minimum atomic E-state index is -2.56. The molecule has 1 saturated heterocycles. The van der Waals surface area contributed by atoms with Gasteiger partial charge >= 0.3 is 0 Å². The molecule has 1 rings (SSSR count). The summed E-state index contributed by atoms with van der Waals surface area (Å²) in [5, 5.41) is 8.71. The van der Waals surface area contributed by atoms with Gasteiger partial charge in [0.15, 0.2) is 0 Å². The van der Waals surface area contributed by atoms with Crippen LogP contribution in [0, 0.1) is 0 Å². The zero-order chi connectivity index (χ0) is 12.7. The molecule has 1 heterocycles. The Morgan fingerprint density at radius 3 is 2.82 bits per heavy atom. The lowest BCUT2D eigenvalue weighted by Crippen LogP contribution is -2.37. The van der Waals surface area contributed by atoms with Gasteiger partial charge in [-0.15, -0.1) is 0 Å². The summed E-state index contributed by atoms with van der Waals surface area (Å²) < 4.78 is 29.8. The lowest BCUT2D eigenvalue weighted by atomic mass is 10.1. The number of hydrogen-bond acceptors (Lipinski definition) is 3. The second-order valence-electron chi connectivity index (χ2n) is 4.13. The molecular weight excluding hydrogens is 232 g/mol. The van der Waals surface area contributed by atoms with Crippen LogP contribution in [0.5, 0.6) is 0 Å². The molecule has 1 unspecified atom stereocenters. The van der Waals surface area contributed by atoms with E-state index in [-0.39, 0.29) is 31.6 Å². The molecule has 0 aliphatic carbocycles. The summed E-state index contributed by atoms with van der Waals surface area (Å²) in [6.45, 7) is -0.214. The average Bonchev–Trinajstić information content (AvgIpc) is 2.77. The van der Waals surface area contributed by atoms with Gasteiger partial charge in [0.25, 0.3) is 6.43 Å². The van der Waals surface area contributed by atoms with Crippen LogP contribution in [0.2, 0.25) is 0 Å². The summed E-state index contributed by atoms with van der Waals surface area (Å²) in [4.78, 5) is 12.7. The second kappa shape index (κ2) is 7.55. The van der Waals surface area contributed by atoms with Crippen molar-refractivity contribution >= 4 is 5.91 Å². The Hall–Kier alpha value is -0.750. The predicted molar refractivity (Wildman–Crippen MR) is 57.9 cm³/mol. The molecule has 0 aromatic heterocycles. The summed E-state index contributed by atoms with van der Waals surface area (Å²) in [6, 6.07) is 0. The van der Waals surface area contributed by atoms with E-state index in [1.807, 2.05) is 0 Å². The van der Waals surface area contributed by atoms with E-state index in [9.17, 15) is 13.6 Å². The summed E-state index contributed by atoms with van der Waals surface area (Å²) >= 11 is 0. The third kappa shape index (κ3) is 5.41. The van der Waals surface area contributed by atoms with Crippen molar-refractivity contribution in [2.75, 3.05) is 26.3 Å². The number of hydrogen-bond donors (Lipinski definition) is 1. The Morgan fingerprint density at radius 1 is 1.53 bits per heavy atom. The molecule has 1 amide bonds. The van der Waals surface area contributed by atoms with Crippen LogP contribution in [-0.4, -0.2) is 54.7 Å². The highest BCUT2D eigenvalue weighted by atomic mass is 19.3. The van der Waals surface area contributed by atoms with Gasteiger partial charge in [0.1, 0.15) is 0 Å². The molecule has 0 radical (unpaired) electrons. The van der Waals surface area contributed by atoms with E-state index in [4.69, 9.17) is 9.84 Å². The first kappa shape index (κ1) is 14.3. The largest absolute Gasteiger partial charge is 0.395 e. The second-order valence-corrected chi connectivity index (χ2v) is 4.13. The highest BCUT2D eigenvalue weighted by molar-refractivity contribution is 5.76. The van der Waals surface area contributed by atoms with Crippen molar-refractivity contribution in [3.05, 3.63) is 0 Å². The van der Waals surface area contributed by atoms with E-state index in [0.29, 0.717) is 6.42 Å². The third-order valence-corrected chi connectivity index (χ3v) is 2.79. The SMILES string of the molecule is O=C(CCC1CCCO1)N(CCO)CC(F)F. The van der Waals surface area contributed by atoms with Gasteiger partial charge in [-0.2, -0.15) is 0 Å². The predicted octanol–water partition coefficient (Wildman–Crippen LogP) is 1.03. The first-order valence-electron chi connectivity index (χ1n) is 5.92. The van der Waals surface area contributed by atoms with Crippen molar-refractivity contribution in [1.82, 2.24) is 4.90 Å². The summed E-state index contributed by atoms with van der Waals surface area (Å²) in [7, 11) is 0. The zero-order valence-corrected chi connectivity index (χ0v) is 9.78. The number of rotatable bonds is 7. The van der Waals surface area contributed by atoms with Crippen LogP contribution in [0.3, 0.4) is 0 Å². The summed E-state index contributed by atoms with van der Waals surface area (Å²) in [5.74, 6) is -0.338. The number of aliphatic hydroxyl groups is 1. The number of aliphatic hydroxyl groups excluding tert-OH is 1. The fourth-order valence-electron chi connectivity index (χ4n) is 1.92. The number of halogens is 2. The molecule has 1 atom stereocenters. The van der Waals surface area contributed by atoms with Gasteiger partial charge in [0.2, 0.25) is 5.91 Å². The fourth-order valence-corrected chi connectivity index (χ4v) is 1.92. The van der Waals surface area contributed by atoms with Crippen molar-refractivity contribution in [3.8, 4) is 0 Å². The van der Waals surface area contributed by atoms with Crippen LogP contribution in [-0.2, 0) is 9.53 Å². The maximum absolute atomic E-state index is 12.2. The molecule has 0 aromatic rings. The topological polar surface area (TPSA) is 49.8 Å². The van der Waals surface area contributed by atoms with E-state index in [1.54, 1.807) is 0 Å². The van der Waals surface area contributed by atoms with Gasteiger partial charge < -0.3 is 14.7 Å². The smallest absolute Gasteiger partial charge is 0.255 e. The zero-order valence-electron chi connectivity index (χ0n) is 9.78. The van der Waals surface area contributed by atoms with Gasteiger partial charge in [0, 0.05) is 19.6 Å². The van der Waals surface area contributed by atoms with Crippen LogP contribution in [0.25, 0.3) is 0 Å². The molecule has 0 saturated carbocycles. The number of alkyl halides is 2. The molecule has 0 spiro atoms. The van der Waals surface area contributed by atoms with Gasteiger partial charge in [-0.3, -0.25) is 4.79 Å². The number of carbonyl (C=O) groups is 1. The lowest BCUT2D eigenvalue weighted by Gasteiger charge is -2.21. The molecule has 1 aliphatic rings. The molecule has 0 bridgehead atoms. The van der Waals surface area contributed by atoms with Crippen LogP contribution in [0.4, 0.5) is 8.78 Å². The van der Waals surface area contributed by atoms with Crippen molar-refractivity contribution in [1.29, 1.82) is 0 Å². The highest BCUT2D eigenvalue weighted by Crippen LogP contribution is 2.17. The van der Waals surface area contributed by atoms with Gasteiger partial charge in [-0.05, 0) is 19.3 Å². The Morgan fingerprint density at radius 2 is 2.29 bits per heavy atom. The van der Waals surface area contributed by atoms with E-state index in [2.05, 4.69) is 0 Å². The lowest BCUT2D eigenvalue weighted by molar-refractivity contribution is -0.134. The maximum Gasteiger partial charge on any atom is 0.255 e. The Kier molecular flexibility index (Phi) is 6.36. The van der Waals surface area contributed by atoms with Crippen molar-refractivity contribution in [3.63, 3.8) is 0 Å². The summed E-state index contributed by atoms with van der Waals surface area (Å²) in [6.07, 6.45) is 0.231. The number of nitrogens with zero attached hydrogens (tertiary/aromatic N) is 1.